The lowest BCUT2D eigenvalue weighted by molar-refractivity contribution is 0.0938. The number of nitrogen functional groups attached to an aromatic ring is 1. The third-order valence-corrected chi connectivity index (χ3v) is 4.30. The lowest BCUT2D eigenvalue weighted by atomic mass is 10.1. The van der Waals surface area contributed by atoms with Crippen molar-refractivity contribution in [3.8, 4) is 0 Å². The zero-order valence-corrected chi connectivity index (χ0v) is 10.8. The molecule has 0 bridgehead atoms. The van der Waals surface area contributed by atoms with Crippen LogP contribution in [0, 0.1) is 0 Å². The van der Waals surface area contributed by atoms with Gasteiger partial charge in [-0.2, -0.15) is 11.8 Å². The zero-order chi connectivity index (χ0) is 12.3. The molecule has 0 aromatic heterocycles. The number of carbonyl (C=O) groups is 1. The topological polar surface area (TPSA) is 55.1 Å². The molecule has 2 unspecified atom stereocenters. The van der Waals surface area contributed by atoms with Gasteiger partial charge in [-0.3, -0.25) is 4.79 Å². The zero-order valence-electron chi connectivity index (χ0n) is 9.98. The van der Waals surface area contributed by atoms with E-state index in [4.69, 9.17) is 5.73 Å². The van der Waals surface area contributed by atoms with E-state index in [2.05, 4.69) is 11.6 Å². The second-order valence-electron chi connectivity index (χ2n) is 4.47. The number of nitrogens with two attached hydrogens (primary N) is 1. The Bertz CT molecular complexity index is 408. The molecule has 2 rings (SSSR count). The van der Waals surface area contributed by atoms with Crippen LogP contribution >= 0.6 is 11.8 Å². The van der Waals surface area contributed by atoms with E-state index in [-0.39, 0.29) is 5.91 Å². The summed E-state index contributed by atoms with van der Waals surface area (Å²) in [5.74, 6) is -0.0101. The highest BCUT2D eigenvalue weighted by molar-refractivity contribution is 7.99. The van der Waals surface area contributed by atoms with Crippen molar-refractivity contribution in [1.29, 1.82) is 0 Å². The Labute approximate surface area is 106 Å². The molecule has 92 valence electrons. The molecule has 2 atom stereocenters. The maximum atomic E-state index is 12.0. The highest BCUT2D eigenvalue weighted by Crippen LogP contribution is 2.28. The van der Waals surface area contributed by atoms with Gasteiger partial charge in [-0.25, -0.2) is 0 Å². The van der Waals surface area contributed by atoms with Crippen LogP contribution in [0.25, 0.3) is 0 Å². The van der Waals surface area contributed by atoms with E-state index in [1.807, 2.05) is 17.8 Å². The van der Waals surface area contributed by atoms with Crippen LogP contribution in [0.15, 0.2) is 24.3 Å². The first-order valence-corrected chi connectivity index (χ1v) is 7.17. The maximum absolute atomic E-state index is 12.0. The normalized spacial score (nSPS) is 23.6. The monoisotopic (exact) mass is 250 g/mol. The van der Waals surface area contributed by atoms with Crippen molar-refractivity contribution < 1.29 is 4.79 Å². The second-order valence-corrected chi connectivity index (χ2v) is 5.60. The minimum atomic E-state index is -0.0101. The smallest absolute Gasteiger partial charge is 0.251 e. The fraction of sp³-hybridized carbons (Fsp3) is 0.462. The van der Waals surface area contributed by atoms with Gasteiger partial charge in [0.2, 0.25) is 0 Å². The minimum Gasteiger partial charge on any atom is -0.399 e. The molecule has 1 fully saturated rings. The summed E-state index contributed by atoms with van der Waals surface area (Å²) in [6, 6.07) is 7.43. The van der Waals surface area contributed by atoms with Gasteiger partial charge in [-0.05, 0) is 43.7 Å². The molecule has 1 saturated carbocycles. The quantitative estimate of drug-likeness (QED) is 0.809. The number of hydrogen-bond donors (Lipinski definition) is 2. The van der Waals surface area contributed by atoms with Gasteiger partial charge in [0.15, 0.2) is 0 Å². The van der Waals surface area contributed by atoms with Gasteiger partial charge in [0, 0.05) is 22.5 Å². The first kappa shape index (κ1) is 12.3. The Kier molecular flexibility index (Phi) is 3.94. The second kappa shape index (κ2) is 5.45. The van der Waals surface area contributed by atoms with Crippen LogP contribution < -0.4 is 11.1 Å². The molecular formula is C13H18N2OS. The maximum Gasteiger partial charge on any atom is 0.251 e. The summed E-state index contributed by atoms with van der Waals surface area (Å²) in [5.41, 5.74) is 6.95. The van der Waals surface area contributed by atoms with Gasteiger partial charge in [0.1, 0.15) is 0 Å². The van der Waals surface area contributed by atoms with Crippen molar-refractivity contribution >= 4 is 23.4 Å². The number of rotatable bonds is 3. The third-order valence-electron chi connectivity index (χ3n) is 3.20. The lowest BCUT2D eigenvalue weighted by Gasteiger charge is -2.13. The molecule has 1 aromatic carbocycles. The van der Waals surface area contributed by atoms with E-state index < -0.39 is 0 Å². The summed E-state index contributed by atoms with van der Waals surface area (Å²) in [6.07, 6.45) is 5.49. The van der Waals surface area contributed by atoms with E-state index >= 15 is 0 Å². The van der Waals surface area contributed by atoms with Gasteiger partial charge in [0.05, 0.1) is 0 Å². The Morgan fingerprint density at radius 2 is 2.29 bits per heavy atom. The Balaban J connectivity index is 1.94. The van der Waals surface area contributed by atoms with Crippen molar-refractivity contribution in [2.45, 2.75) is 30.6 Å². The summed E-state index contributed by atoms with van der Waals surface area (Å²) < 4.78 is 0. The molecule has 4 heteroatoms. The van der Waals surface area contributed by atoms with E-state index in [0.717, 1.165) is 12.8 Å². The van der Waals surface area contributed by atoms with Crippen molar-refractivity contribution in [2.24, 2.45) is 0 Å². The van der Waals surface area contributed by atoms with Crippen LogP contribution in [-0.2, 0) is 0 Å². The Morgan fingerprint density at radius 1 is 1.47 bits per heavy atom. The average molecular weight is 250 g/mol. The summed E-state index contributed by atoms with van der Waals surface area (Å²) in [5, 5.41) is 3.77. The van der Waals surface area contributed by atoms with Crippen molar-refractivity contribution in [2.75, 3.05) is 12.0 Å². The summed E-state index contributed by atoms with van der Waals surface area (Å²) in [4.78, 5) is 12.0. The van der Waals surface area contributed by atoms with Crippen LogP contribution in [0.1, 0.15) is 29.6 Å². The van der Waals surface area contributed by atoms with Crippen molar-refractivity contribution in [3.63, 3.8) is 0 Å². The molecular weight excluding hydrogens is 232 g/mol. The summed E-state index contributed by atoms with van der Waals surface area (Å²) in [6.45, 7) is 0. The molecule has 1 aromatic rings. The van der Waals surface area contributed by atoms with Gasteiger partial charge < -0.3 is 11.1 Å². The predicted molar refractivity (Wildman–Crippen MR) is 73.3 cm³/mol. The standard InChI is InChI=1S/C13H18N2OS/c1-17-12-6-5-11(8-12)15-13(16)9-3-2-4-10(14)7-9/h2-4,7,11-12H,5-6,8,14H2,1H3,(H,15,16). The molecule has 3 nitrogen and oxygen atoms in total. The lowest BCUT2D eigenvalue weighted by Crippen LogP contribution is -2.33. The Hall–Kier alpha value is -1.16. The van der Waals surface area contributed by atoms with Crippen LogP contribution in [-0.4, -0.2) is 23.5 Å². The van der Waals surface area contributed by atoms with Gasteiger partial charge in [-0.1, -0.05) is 6.07 Å². The molecule has 1 amide bonds. The largest absolute Gasteiger partial charge is 0.399 e. The molecule has 1 aliphatic rings. The van der Waals surface area contributed by atoms with E-state index in [1.54, 1.807) is 18.2 Å². The summed E-state index contributed by atoms with van der Waals surface area (Å²) in [7, 11) is 0. The number of benzene rings is 1. The number of hydrogen-bond acceptors (Lipinski definition) is 3. The number of amides is 1. The van der Waals surface area contributed by atoms with Crippen LogP contribution in [0.2, 0.25) is 0 Å². The third kappa shape index (κ3) is 3.16. The number of carbonyl (C=O) groups excluding carboxylic acids is 1. The molecule has 0 aliphatic heterocycles. The molecule has 0 spiro atoms. The van der Waals surface area contributed by atoms with Gasteiger partial charge in [0.25, 0.3) is 5.91 Å². The predicted octanol–water partition coefficient (Wildman–Crippen LogP) is 2.28. The van der Waals surface area contributed by atoms with Crippen LogP contribution in [0.4, 0.5) is 5.69 Å². The molecule has 0 radical (unpaired) electrons. The minimum absolute atomic E-state index is 0.0101. The number of nitrogens with one attached hydrogen (secondary N) is 1. The van der Waals surface area contributed by atoms with Crippen molar-refractivity contribution in [1.82, 2.24) is 5.32 Å². The molecule has 17 heavy (non-hydrogen) atoms. The highest BCUT2D eigenvalue weighted by atomic mass is 32.2. The van der Waals surface area contributed by atoms with Gasteiger partial charge in [-0.15, -0.1) is 0 Å². The summed E-state index contributed by atoms with van der Waals surface area (Å²) >= 11 is 1.89. The van der Waals surface area contributed by atoms with Crippen LogP contribution in [0.3, 0.4) is 0 Å². The van der Waals surface area contributed by atoms with Gasteiger partial charge >= 0.3 is 0 Å². The molecule has 1 aliphatic carbocycles. The Morgan fingerprint density at radius 3 is 2.94 bits per heavy atom. The highest BCUT2D eigenvalue weighted by Gasteiger charge is 2.25. The van der Waals surface area contributed by atoms with E-state index in [1.165, 1.54) is 6.42 Å². The van der Waals surface area contributed by atoms with Crippen LogP contribution in [0.5, 0.6) is 0 Å². The first-order chi connectivity index (χ1) is 8.19. The van der Waals surface area contributed by atoms with E-state index in [0.29, 0.717) is 22.5 Å². The first-order valence-electron chi connectivity index (χ1n) is 5.88. The molecule has 3 N–H and O–H groups in total. The van der Waals surface area contributed by atoms with E-state index in [9.17, 15) is 4.79 Å². The number of thioether (sulfide) groups is 1. The molecule has 0 heterocycles. The van der Waals surface area contributed by atoms with Crippen molar-refractivity contribution in [3.05, 3.63) is 29.8 Å². The fourth-order valence-electron chi connectivity index (χ4n) is 2.23. The SMILES string of the molecule is CSC1CCC(NC(=O)c2cccc(N)c2)C1. The molecule has 0 saturated heterocycles. The number of anilines is 1. The fourth-order valence-corrected chi connectivity index (χ4v) is 3.03. The average Bonchev–Trinajstić information content (AvgIpc) is 2.77.